The summed E-state index contributed by atoms with van der Waals surface area (Å²) in [6, 6.07) is 10.6. The van der Waals surface area contributed by atoms with E-state index >= 15 is 0 Å². The highest BCUT2D eigenvalue weighted by atomic mass is 19.4. The fourth-order valence-corrected chi connectivity index (χ4v) is 2.30. The Morgan fingerprint density at radius 1 is 1.00 bits per heavy atom. The SMILES string of the molecule is Cc1cccc(C(O)Cc2ccc(C(F)(F)F)cc2)c1C. The minimum absolute atomic E-state index is 0.294. The molecular weight excluding hydrogens is 277 g/mol. The maximum absolute atomic E-state index is 12.5. The van der Waals surface area contributed by atoms with Gasteiger partial charge in [0.25, 0.3) is 0 Å². The number of aliphatic hydroxyl groups is 1. The van der Waals surface area contributed by atoms with E-state index in [4.69, 9.17) is 0 Å². The minimum Gasteiger partial charge on any atom is -0.388 e. The number of aryl methyl sites for hydroxylation is 1. The van der Waals surface area contributed by atoms with Crippen LogP contribution in [0.1, 0.15) is 33.9 Å². The van der Waals surface area contributed by atoms with E-state index in [0.717, 1.165) is 28.8 Å². The van der Waals surface area contributed by atoms with Crippen molar-refractivity contribution in [2.45, 2.75) is 32.5 Å². The quantitative estimate of drug-likeness (QED) is 0.877. The molecule has 0 saturated carbocycles. The first-order chi connectivity index (χ1) is 9.79. The van der Waals surface area contributed by atoms with Gasteiger partial charge in [0.2, 0.25) is 0 Å². The van der Waals surface area contributed by atoms with Gasteiger partial charge in [-0.05, 0) is 48.2 Å². The summed E-state index contributed by atoms with van der Waals surface area (Å²) >= 11 is 0. The lowest BCUT2D eigenvalue weighted by Gasteiger charge is -2.16. The van der Waals surface area contributed by atoms with Gasteiger partial charge >= 0.3 is 6.18 Å². The summed E-state index contributed by atoms with van der Waals surface area (Å²) in [5.74, 6) is 0. The zero-order chi connectivity index (χ0) is 15.6. The molecule has 0 radical (unpaired) electrons. The molecule has 0 aliphatic heterocycles. The lowest BCUT2D eigenvalue weighted by Crippen LogP contribution is -2.07. The highest BCUT2D eigenvalue weighted by molar-refractivity contribution is 5.35. The van der Waals surface area contributed by atoms with E-state index in [1.807, 2.05) is 32.0 Å². The highest BCUT2D eigenvalue weighted by Gasteiger charge is 2.30. The molecule has 0 bridgehead atoms. The van der Waals surface area contributed by atoms with E-state index in [2.05, 4.69) is 0 Å². The van der Waals surface area contributed by atoms with Crippen molar-refractivity contribution in [1.29, 1.82) is 0 Å². The van der Waals surface area contributed by atoms with Crippen molar-refractivity contribution in [3.63, 3.8) is 0 Å². The molecule has 1 nitrogen and oxygen atoms in total. The molecule has 0 aliphatic carbocycles. The molecule has 2 aromatic rings. The molecule has 0 aliphatic rings. The molecule has 0 amide bonds. The second kappa shape index (κ2) is 5.90. The molecular formula is C17H17F3O. The molecule has 21 heavy (non-hydrogen) atoms. The Hall–Kier alpha value is -1.81. The van der Waals surface area contributed by atoms with Crippen molar-refractivity contribution >= 4 is 0 Å². The molecule has 0 heterocycles. The molecule has 0 saturated heterocycles. The number of aliphatic hydroxyl groups excluding tert-OH is 1. The van der Waals surface area contributed by atoms with Crippen LogP contribution < -0.4 is 0 Å². The zero-order valence-corrected chi connectivity index (χ0v) is 11.9. The Balaban J connectivity index is 2.16. The predicted molar refractivity (Wildman–Crippen MR) is 76.0 cm³/mol. The van der Waals surface area contributed by atoms with Crippen molar-refractivity contribution in [2.24, 2.45) is 0 Å². The van der Waals surface area contributed by atoms with E-state index in [1.165, 1.54) is 12.1 Å². The number of hydrogen-bond acceptors (Lipinski definition) is 1. The fourth-order valence-electron chi connectivity index (χ4n) is 2.30. The molecule has 1 unspecified atom stereocenters. The van der Waals surface area contributed by atoms with Gasteiger partial charge in [0.1, 0.15) is 0 Å². The van der Waals surface area contributed by atoms with Crippen molar-refractivity contribution < 1.29 is 18.3 Å². The van der Waals surface area contributed by atoms with Gasteiger partial charge in [-0.2, -0.15) is 13.2 Å². The van der Waals surface area contributed by atoms with Crippen molar-refractivity contribution in [3.05, 3.63) is 70.3 Å². The van der Waals surface area contributed by atoms with E-state index in [0.29, 0.717) is 12.0 Å². The topological polar surface area (TPSA) is 20.2 Å². The molecule has 1 atom stereocenters. The summed E-state index contributed by atoms with van der Waals surface area (Å²) < 4.78 is 37.5. The summed E-state index contributed by atoms with van der Waals surface area (Å²) in [6.45, 7) is 3.89. The predicted octanol–water partition coefficient (Wildman–Crippen LogP) is 4.60. The van der Waals surface area contributed by atoms with Crippen LogP contribution in [0.15, 0.2) is 42.5 Å². The molecule has 112 valence electrons. The Morgan fingerprint density at radius 3 is 2.19 bits per heavy atom. The van der Waals surface area contributed by atoms with Gasteiger partial charge < -0.3 is 5.11 Å². The number of alkyl halides is 3. The van der Waals surface area contributed by atoms with E-state index < -0.39 is 17.8 Å². The smallest absolute Gasteiger partial charge is 0.388 e. The molecule has 4 heteroatoms. The molecule has 0 spiro atoms. The Kier molecular flexibility index (Phi) is 4.37. The zero-order valence-electron chi connectivity index (χ0n) is 11.9. The number of rotatable bonds is 3. The van der Waals surface area contributed by atoms with Crippen LogP contribution in [0.4, 0.5) is 13.2 Å². The normalized spacial score (nSPS) is 13.2. The fraction of sp³-hybridized carbons (Fsp3) is 0.294. The Labute approximate surface area is 122 Å². The third-order valence-electron chi connectivity index (χ3n) is 3.72. The molecule has 2 aromatic carbocycles. The van der Waals surface area contributed by atoms with Crippen LogP contribution in [0, 0.1) is 13.8 Å². The van der Waals surface area contributed by atoms with Crippen molar-refractivity contribution in [3.8, 4) is 0 Å². The average Bonchev–Trinajstić information content (AvgIpc) is 2.41. The van der Waals surface area contributed by atoms with Crippen LogP contribution in [0.25, 0.3) is 0 Å². The number of hydrogen-bond donors (Lipinski definition) is 1. The monoisotopic (exact) mass is 294 g/mol. The first-order valence-corrected chi connectivity index (χ1v) is 6.69. The van der Waals surface area contributed by atoms with Crippen LogP contribution in [-0.4, -0.2) is 5.11 Å². The van der Waals surface area contributed by atoms with E-state index in [1.54, 1.807) is 0 Å². The molecule has 2 rings (SSSR count). The van der Waals surface area contributed by atoms with Gasteiger partial charge in [0.05, 0.1) is 11.7 Å². The minimum atomic E-state index is -4.33. The van der Waals surface area contributed by atoms with Gasteiger partial charge in [0, 0.05) is 6.42 Å². The Bertz CT molecular complexity index is 615. The lowest BCUT2D eigenvalue weighted by atomic mass is 9.95. The van der Waals surface area contributed by atoms with Crippen LogP contribution >= 0.6 is 0 Å². The van der Waals surface area contributed by atoms with Crippen molar-refractivity contribution in [1.82, 2.24) is 0 Å². The third kappa shape index (κ3) is 3.64. The lowest BCUT2D eigenvalue weighted by molar-refractivity contribution is -0.137. The second-order valence-corrected chi connectivity index (χ2v) is 5.20. The van der Waals surface area contributed by atoms with Crippen LogP contribution in [-0.2, 0) is 12.6 Å². The van der Waals surface area contributed by atoms with Gasteiger partial charge in [-0.1, -0.05) is 30.3 Å². The van der Waals surface area contributed by atoms with Crippen LogP contribution in [0.2, 0.25) is 0 Å². The van der Waals surface area contributed by atoms with Gasteiger partial charge in [-0.15, -0.1) is 0 Å². The number of benzene rings is 2. The van der Waals surface area contributed by atoms with Crippen molar-refractivity contribution in [2.75, 3.05) is 0 Å². The summed E-state index contributed by atoms with van der Waals surface area (Å²) in [6.07, 6.45) is -4.76. The van der Waals surface area contributed by atoms with E-state index in [9.17, 15) is 18.3 Å². The summed E-state index contributed by atoms with van der Waals surface area (Å²) in [4.78, 5) is 0. The molecule has 1 N–H and O–H groups in total. The summed E-state index contributed by atoms with van der Waals surface area (Å²) in [7, 11) is 0. The first-order valence-electron chi connectivity index (χ1n) is 6.69. The average molecular weight is 294 g/mol. The molecule has 0 fully saturated rings. The van der Waals surface area contributed by atoms with E-state index in [-0.39, 0.29) is 0 Å². The second-order valence-electron chi connectivity index (χ2n) is 5.20. The summed E-state index contributed by atoms with van der Waals surface area (Å²) in [5, 5.41) is 10.3. The largest absolute Gasteiger partial charge is 0.416 e. The maximum atomic E-state index is 12.5. The van der Waals surface area contributed by atoms with Gasteiger partial charge in [0.15, 0.2) is 0 Å². The summed E-state index contributed by atoms with van der Waals surface area (Å²) in [5.41, 5.74) is 2.91. The maximum Gasteiger partial charge on any atom is 0.416 e. The van der Waals surface area contributed by atoms with Crippen LogP contribution in [0.3, 0.4) is 0 Å². The van der Waals surface area contributed by atoms with Gasteiger partial charge in [-0.25, -0.2) is 0 Å². The third-order valence-corrected chi connectivity index (χ3v) is 3.72. The Morgan fingerprint density at radius 2 is 1.62 bits per heavy atom. The standard InChI is InChI=1S/C17H17F3O/c1-11-4-3-5-15(12(11)2)16(21)10-13-6-8-14(9-7-13)17(18,19)20/h3-9,16,21H,10H2,1-2H3. The van der Waals surface area contributed by atoms with Gasteiger partial charge in [-0.3, -0.25) is 0 Å². The van der Waals surface area contributed by atoms with Crippen LogP contribution in [0.5, 0.6) is 0 Å². The first kappa shape index (κ1) is 15.6. The molecule has 0 aromatic heterocycles. The number of halogens is 3. The highest BCUT2D eigenvalue weighted by Crippen LogP contribution is 2.30.